The second-order valence-electron chi connectivity index (χ2n) is 3.97. The lowest BCUT2D eigenvalue weighted by atomic mass is 10.2. The summed E-state index contributed by atoms with van der Waals surface area (Å²) in [6.45, 7) is 7.59. The average Bonchev–Trinajstić information content (AvgIpc) is 2.41. The molecule has 1 N–H and O–H groups in total. The maximum atomic E-state index is 11.1. The summed E-state index contributed by atoms with van der Waals surface area (Å²) in [5, 5.41) is 2.98. The van der Waals surface area contributed by atoms with Crippen molar-refractivity contribution in [3.05, 3.63) is 0 Å². The van der Waals surface area contributed by atoms with Gasteiger partial charge in [-0.2, -0.15) is 0 Å². The van der Waals surface area contributed by atoms with Gasteiger partial charge < -0.3 is 4.74 Å². The molecular formula is C8H15NO2. The van der Waals surface area contributed by atoms with Crippen molar-refractivity contribution >= 4 is 5.97 Å². The van der Waals surface area contributed by atoms with Crippen LogP contribution in [0.15, 0.2) is 0 Å². The topological polar surface area (TPSA) is 48.2 Å². The molecule has 0 radical (unpaired) electrons. The molecule has 0 aliphatic carbocycles. The Hall–Kier alpha value is -0.570. The highest BCUT2D eigenvalue weighted by atomic mass is 16.6. The number of carbonyl (C=O) groups excluding carboxylic acids is 1. The van der Waals surface area contributed by atoms with Gasteiger partial charge in [-0.15, -0.1) is 0 Å². The van der Waals surface area contributed by atoms with Crippen molar-refractivity contribution < 1.29 is 9.53 Å². The maximum Gasteiger partial charge on any atom is 0.325 e. The van der Waals surface area contributed by atoms with Gasteiger partial charge in [0.25, 0.3) is 0 Å². The number of nitrogens with one attached hydrogen (secondary N) is 1. The van der Waals surface area contributed by atoms with Crippen molar-refractivity contribution in [2.75, 3.05) is 0 Å². The van der Waals surface area contributed by atoms with E-state index in [9.17, 15) is 4.79 Å². The van der Waals surface area contributed by atoms with E-state index in [0.29, 0.717) is 6.04 Å². The van der Waals surface area contributed by atoms with Crippen LogP contribution in [-0.4, -0.2) is 23.7 Å². The van der Waals surface area contributed by atoms with Crippen LogP contribution in [0.25, 0.3) is 0 Å². The predicted molar refractivity (Wildman–Crippen MR) is 42.2 cm³/mol. The van der Waals surface area contributed by atoms with Crippen LogP contribution in [0.4, 0.5) is 0 Å². The molecule has 0 saturated carbocycles. The van der Waals surface area contributed by atoms with E-state index < -0.39 is 0 Å². The fraction of sp³-hybridized carbons (Fsp3) is 0.875. The Kier molecular flexibility index (Phi) is 1.92. The monoisotopic (exact) mass is 157 g/mol. The normalized spacial score (nSPS) is 29.8. The SMILES string of the molecule is C[C@@H]1N[C@@H]1C(=O)OC(C)(C)C. The number of rotatable bonds is 1. The molecule has 11 heavy (non-hydrogen) atoms. The number of ether oxygens (including phenoxy) is 1. The summed E-state index contributed by atoms with van der Waals surface area (Å²) in [6.07, 6.45) is 0. The van der Waals surface area contributed by atoms with E-state index >= 15 is 0 Å². The highest BCUT2D eigenvalue weighted by Crippen LogP contribution is 2.16. The number of esters is 1. The molecule has 1 fully saturated rings. The van der Waals surface area contributed by atoms with Crippen molar-refractivity contribution in [3.8, 4) is 0 Å². The average molecular weight is 157 g/mol. The van der Waals surface area contributed by atoms with Gasteiger partial charge in [-0.25, -0.2) is 0 Å². The molecule has 1 aliphatic heterocycles. The maximum absolute atomic E-state index is 11.1. The fourth-order valence-electron chi connectivity index (χ4n) is 0.865. The van der Waals surface area contributed by atoms with Crippen molar-refractivity contribution in [3.63, 3.8) is 0 Å². The van der Waals surface area contributed by atoms with Gasteiger partial charge in [-0.05, 0) is 27.7 Å². The highest BCUT2D eigenvalue weighted by molar-refractivity contribution is 5.80. The molecule has 0 aromatic carbocycles. The second kappa shape index (κ2) is 2.48. The number of hydrogen-bond donors (Lipinski definition) is 1. The molecule has 64 valence electrons. The molecule has 0 spiro atoms. The van der Waals surface area contributed by atoms with E-state index in [0.717, 1.165) is 0 Å². The Morgan fingerprint density at radius 3 is 2.18 bits per heavy atom. The van der Waals surface area contributed by atoms with E-state index in [2.05, 4.69) is 5.32 Å². The summed E-state index contributed by atoms with van der Waals surface area (Å²) in [7, 11) is 0. The van der Waals surface area contributed by atoms with Gasteiger partial charge >= 0.3 is 5.97 Å². The summed E-state index contributed by atoms with van der Waals surface area (Å²) in [6, 6.07) is 0.235. The van der Waals surface area contributed by atoms with E-state index in [4.69, 9.17) is 4.74 Å². The quantitative estimate of drug-likeness (QED) is 0.450. The van der Waals surface area contributed by atoms with Gasteiger partial charge in [-0.3, -0.25) is 10.1 Å². The minimum absolute atomic E-state index is 0.0609. The summed E-state index contributed by atoms with van der Waals surface area (Å²) < 4.78 is 5.13. The zero-order valence-corrected chi connectivity index (χ0v) is 7.47. The number of hydrogen-bond acceptors (Lipinski definition) is 3. The third-order valence-electron chi connectivity index (χ3n) is 1.49. The van der Waals surface area contributed by atoms with Gasteiger partial charge in [0, 0.05) is 6.04 Å². The van der Waals surface area contributed by atoms with E-state index in [1.165, 1.54) is 0 Å². The summed E-state index contributed by atoms with van der Waals surface area (Å²) in [5.41, 5.74) is -0.360. The molecule has 0 unspecified atom stereocenters. The van der Waals surface area contributed by atoms with Crippen molar-refractivity contribution in [1.82, 2.24) is 5.32 Å². The summed E-state index contributed by atoms with van der Waals surface area (Å²) in [5.74, 6) is -0.134. The first-order valence-electron chi connectivity index (χ1n) is 3.89. The molecule has 0 amide bonds. The lowest BCUT2D eigenvalue weighted by molar-refractivity contribution is -0.154. The lowest BCUT2D eigenvalue weighted by Crippen LogP contribution is -2.27. The first kappa shape index (κ1) is 8.53. The third kappa shape index (κ3) is 2.50. The smallest absolute Gasteiger partial charge is 0.325 e. The predicted octanol–water partition coefficient (Wildman–Crippen LogP) is 0.688. The van der Waals surface area contributed by atoms with Crippen LogP contribution in [0.3, 0.4) is 0 Å². The first-order valence-corrected chi connectivity index (χ1v) is 3.89. The van der Waals surface area contributed by atoms with Crippen LogP contribution in [-0.2, 0) is 9.53 Å². The van der Waals surface area contributed by atoms with Crippen molar-refractivity contribution in [1.29, 1.82) is 0 Å². The largest absolute Gasteiger partial charge is 0.459 e. The Morgan fingerprint density at radius 2 is 1.91 bits per heavy atom. The van der Waals surface area contributed by atoms with Crippen LogP contribution in [0.2, 0.25) is 0 Å². The van der Waals surface area contributed by atoms with Crippen LogP contribution < -0.4 is 5.32 Å². The highest BCUT2D eigenvalue weighted by Gasteiger charge is 2.41. The molecule has 1 rings (SSSR count). The van der Waals surface area contributed by atoms with Crippen molar-refractivity contribution in [2.45, 2.75) is 45.4 Å². The van der Waals surface area contributed by atoms with Gasteiger partial charge in [0.2, 0.25) is 0 Å². The molecule has 2 atom stereocenters. The molecule has 1 saturated heterocycles. The Bertz CT molecular complexity index is 171. The Balaban J connectivity index is 2.33. The Morgan fingerprint density at radius 1 is 1.45 bits per heavy atom. The van der Waals surface area contributed by atoms with E-state index in [1.807, 2.05) is 27.7 Å². The first-order chi connectivity index (χ1) is 4.90. The van der Waals surface area contributed by atoms with Gasteiger partial charge in [0.15, 0.2) is 0 Å². The summed E-state index contributed by atoms with van der Waals surface area (Å²) >= 11 is 0. The Labute approximate surface area is 67.1 Å². The minimum Gasteiger partial charge on any atom is -0.459 e. The van der Waals surface area contributed by atoms with Crippen LogP contribution in [0, 0.1) is 0 Å². The van der Waals surface area contributed by atoms with Crippen LogP contribution in [0.1, 0.15) is 27.7 Å². The molecule has 1 aliphatic rings. The zero-order chi connectivity index (χ0) is 8.65. The molecule has 0 bridgehead atoms. The molecule has 1 heterocycles. The molecule has 0 aromatic heterocycles. The van der Waals surface area contributed by atoms with Crippen LogP contribution in [0.5, 0.6) is 0 Å². The molecule has 3 heteroatoms. The van der Waals surface area contributed by atoms with Gasteiger partial charge in [0.1, 0.15) is 11.6 Å². The number of carbonyl (C=O) groups is 1. The van der Waals surface area contributed by atoms with Gasteiger partial charge in [-0.1, -0.05) is 0 Å². The standard InChI is InChI=1S/C8H15NO2/c1-5-6(9-5)7(10)11-8(2,3)4/h5-6,9H,1-4H3/t5-,6-/m0/s1. The van der Waals surface area contributed by atoms with Crippen molar-refractivity contribution in [2.24, 2.45) is 0 Å². The zero-order valence-electron chi connectivity index (χ0n) is 7.47. The lowest BCUT2D eigenvalue weighted by Gasteiger charge is -2.18. The van der Waals surface area contributed by atoms with E-state index in [1.54, 1.807) is 0 Å². The summed E-state index contributed by atoms with van der Waals surface area (Å²) in [4.78, 5) is 11.1. The van der Waals surface area contributed by atoms with Gasteiger partial charge in [0.05, 0.1) is 0 Å². The minimum atomic E-state index is -0.360. The molecular weight excluding hydrogens is 142 g/mol. The molecule has 0 aromatic rings. The van der Waals surface area contributed by atoms with Crippen LogP contribution >= 0.6 is 0 Å². The second-order valence-corrected chi connectivity index (χ2v) is 3.97. The molecule has 3 nitrogen and oxygen atoms in total. The van der Waals surface area contributed by atoms with E-state index in [-0.39, 0.29) is 17.6 Å². The third-order valence-corrected chi connectivity index (χ3v) is 1.49. The fourth-order valence-corrected chi connectivity index (χ4v) is 0.865.